The van der Waals surface area contributed by atoms with Crippen molar-refractivity contribution in [1.82, 2.24) is 30.0 Å². The first kappa shape index (κ1) is 15.6. The minimum atomic E-state index is -0.681. The van der Waals surface area contributed by atoms with Gasteiger partial charge in [-0.05, 0) is 18.2 Å². The fraction of sp³-hybridized carbons (Fsp3) is 0.250. The molecule has 0 atom stereocenters. The summed E-state index contributed by atoms with van der Waals surface area (Å²) in [6.45, 7) is 3.10. The van der Waals surface area contributed by atoms with Gasteiger partial charge in [0.25, 0.3) is 5.95 Å². The number of anilines is 1. The van der Waals surface area contributed by atoms with Crippen LogP contribution in [0.5, 0.6) is 0 Å². The van der Waals surface area contributed by atoms with Crippen LogP contribution in [-0.4, -0.2) is 50.9 Å². The van der Waals surface area contributed by atoms with Gasteiger partial charge in [0, 0.05) is 50.2 Å². The first-order valence-electron chi connectivity index (χ1n) is 7.87. The molecule has 0 saturated carbocycles. The summed E-state index contributed by atoms with van der Waals surface area (Å²) < 4.78 is 28.7. The summed E-state index contributed by atoms with van der Waals surface area (Å²) in [5.74, 6) is -0.401. The number of piperazine rings is 1. The van der Waals surface area contributed by atoms with Gasteiger partial charge in [-0.25, -0.2) is 13.5 Å². The Hall–Kier alpha value is -2.94. The Morgan fingerprint density at radius 1 is 0.920 bits per heavy atom. The van der Waals surface area contributed by atoms with Crippen molar-refractivity contribution in [2.45, 2.75) is 0 Å². The molecule has 3 aromatic rings. The van der Waals surface area contributed by atoms with Gasteiger partial charge in [-0.2, -0.15) is 20.1 Å². The van der Waals surface area contributed by atoms with E-state index in [1.54, 1.807) is 18.5 Å². The molecule has 0 amide bonds. The topological polar surface area (TPSA) is 71.8 Å². The van der Waals surface area contributed by atoms with Gasteiger partial charge < -0.3 is 10.2 Å². The molecule has 1 saturated heterocycles. The molecule has 1 aromatic carbocycles. The highest BCUT2D eigenvalue weighted by atomic mass is 19.1. The molecule has 1 aliphatic rings. The quantitative estimate of drug-likeness (QED) is 0.775. The molecule has 9 heteroatoms. The molecule has 2 aromatic heterocycles. The lowest BCUT2D eigenvalue weighted by Crippen LogP contribution is -2.44. The van der Waals surface area contributed by atoms with Gasteiger partial charge in [-0.1, -0.05) is 0 Å². The fourth-order valence-corrected chi connectivity index (χ4v) is 2.66. The van der Waals surface area contributed by atoms with Gasteiger partial charge in [-0.3, -0.25) is 0 Å². The summed E-state index contributed by atoms with van der Waals surface area (Å²) in [5, 5.41) is 7.39. The van der Waals surface area contributed by atoms with Crippen molar-refractivity contribution < 1.29 is 8.78 Å². The van der Waals surface area contributed by atoms with E-state index in [0.29, 0.717) is 11.9 Å². The van der Waals surface area contributed by atoms with Crippen LogP contribution < -0.4 is 10.2 Å². The van der Waals surface area contributed by atoms with E-state index in [9.17, 15) is 8.78 Å². The summed E-state index contributed by atoms with van der Waals surface area (Å²) in [7, 11) is 0. The molecule has 1 fully saturated rings. The van der Waals surface area contributed by atoms with Crippen molar-refractivity contribution in [2.24, 2.45) is 0 Å². The number of hydrogen-bond acceptors (Lipinski definition) is 6. The lowest BCUT2D eigenvalue weighted by atomic mass is 10.2. The number of benzene rings is 1. The minimum absolute atomic E-state index is 0.201. The molecule has 4 rings (SSSR count). The van der Waals surface area contributed by atoms with Crippen LogP contribution in [0.1, 0.15) is 0 Å². The van der Waals surface area contributed by atoms with Crippen molar-refractivity contribution in [1.29, 1.82) is 0 Å². The number of nitrogens with one attached hydrogen (secondary N) is 1. The second-order valence-electron chi connectivity index (χ2n) is 5.60. The summed E-state index contributed by atoms with van der Waals surface area (Å²) >= 11 is 0. The number of nitrogens with zero attached hydrogens (tertiary/aromatic N) is 6. The van der Waals surface area contributed by atoms with E-state index < -0.39 is 11.6 Å². The van der Waals surface area contributed by atoms with E-state index >= 15 is 0 Å². The van der Waals surface area contributed by atoms with Crippen LogP contribution in [0.3, 0.4) is 0 Å². The SMILES string of the molecule is Fc1cc(F)cc(-c2nc(N3CCNCC3)nc(-n3cccn3)n2)c1. The first-order chi connectivity index (χ1) is 12.2. The molecule has 1 aliphatic heterocycles. The normalized spacial score (nSPS) is 14.7. The van der Waals surface area contributed by atoms with Crippen molar-refractivity contribution in [3.05, 3.63) is 48.3 Å². The lowest BCUT2D eigenvalue weighted by Gasteiger charge is -2.27. The Labute approximate surface area is 142 Å². The Bertz CT molecular complexity index is 856. The maximum Gasteiger partial charge on any atom is 0.255 e. The van der Waals surface area contributed by atoms with E-state index in [4.69, 9.17) is 0 Å². The second kappa shape index (κ2) is 6.52. The summed E-state index contributed by atoms with van der Waals surface area (Å²) in [4.78, 5) is 15.2. The maximum atomic E-state index is 13.6. The predicted octanol–water partition coefficient (Wildman–Crippen LogP) is 1.41. The van der Waals surface area contributed by atoms with E-state index in [-0.39, 0.29) is 11.4 Å². The average Bonchev–Trinajstić information content (AvgIpc) is 3.16. The van der Waals surface area contributed by atoms with E-state index in [2.05, 4.69) is 25.4 Å². The van der Waals surface area contributed by atoms with Crippen LogP contribution in [-0.2, 0) is 0 Å². The molecule has 0 bridgehead atoms. The minimum Gasteiger partial charge on any atom is -0.338 e. The monoisotopic (exact) mass is 343 g/mol. The van der Waals surface area contributed by atoms with Crippen LogP contribution in [0.4, 0.5) is 14.7 Å². The third kappa shape index (κ3) is 3.31. The molecular formula is C16H15F2N7. The zero-order valence-corrected chi connectivity index (χ0v) is 13.2. The maximum absolute atomic E-state index is 13.6. The van der Waals surface area contributed by atoms with E-state index in [1.807, 2.05) is 4.90 Å². The van der Waals surface area contributed by atoms with Gasteiger partial charge in [0.2, 0.25) is 5.95 Å². The highest BCUT2D eigenvalue weighted by molar-refractivity contribution is 5.57. The summed E-state index contributed by atoms with van der Waals surface area (Å²) in [5.41, 5.74) is 0.254. The summed E-state index contributed by atoms with van der Waals surface area (Å²) in [6, 6.07) is 4.96. The zero-order chi connectivity index (χ0) is 17.2. The summed E-state index contributed by atoms with van der Waals surface area (Å²) in [6.07, 6.45) is 3.31. The van der Waals surface area contributed by atoms with E-state index in [1.165, 1.54) is 16.8 Å². The molecule has 0 spiro atoms. The van der Waals surface area contributed by atoms with Crippen LogP contribution in [0, 0.1) is 11.6 Å². The lowest BCUT2D eigenvalue weighted by molar-refractivity contribution is 0.577. The van der Waals surface area contributed by atoms with Gasteiger partial charge in [-0.15, -0.1) is 0 Å². The highest BCUT2D eigenvalue weighted by Gasteiger charge is 2.18. The number of aromatic nitrogens is 5. The Morgan fingerprint density at radius 3 is 2.32 bits per heavy atom. The first-order valence-corrected chi connectivity index (χ1v) is 7.87. The number of rotatable bonds is 3. The third-order valence-electron chi connectivity index (χ3n) is 3.84. The standard InChI is InChI=1S/C16H15F2N7/c17-12-8-11(9-13(18)10-12)14-21-15(24-6-3-19-4-7-24)23-16(22-14)25-5-1-2-20-25/h1-2,5,8-10,19H,3-4,6-7H2. The van der Waals surface area contributed by atoms with Gasteiger partial charge in [0.1, 0.15) is 11.6 Å². The molecule has 25 heavy (non-hydrogen) atoms. The third-order valence-corrected chi connectivity index (χ3v) is 3.84. The van der Waals surface area contributed by atoms with Gasteiger partial charge in [0.15, 0.2) is 5.82 Å². The van der Waals surface area contributed by atoms with Gasteiger partial charge in [0.05, 0.1) is 0 Å². The Kier molecular flexibility index (Phi) is 4.06. The van der Waals surface area contributed by atoms with Crippen molar-refractivity contribution in [3.63, 3.8) is 0 Å². The molecule has 128 valence electrons. The highest BCUT2D eigenvalue weighted by Crippen LogP contribution is 2.21. The molecule has 3 heterocycles. The number of halogens is 2. The molecule has 1 N–H and O–H groups in total. The molecular weight excluding hydrogens is 328 g/mol. The Balaban J connectivity index is 1.83. The zero-order valence-electron chi connectivity index (χ0n) is 13.2. The van der Waals surface area contributed by atoms with Crippen molar-refractivity contribution >= 4 is 5.95 Å². The fourth-order valence-electron chi connectivity index (χ4n) is 2.66. The van der Waals surface area contributed by atoms with Crippen molar-refractivity contribution in [2.75, 3.05) is 31.1 Å². The second-order valence-corrected chi connectivity index (χ2v) is 5.60. The van der Waals surface area contributed by atoms with Crippen LogP contribution in [0.15, 0.2) is 36.7 Å². The van der Waals surface area contributed by atoms with Crippen molar-refractivity contribution in [3.8, 4) is 17.3 Å². The molecule has 0 unspecified atom stereocenters. The Morgan fingerprint density at radius 2 is 1.64 bits per heavy atom. The van der Waals surface area contributed by atoms with Crippen LogP contribution in [0.2, 0.25) is 0 Å². The number of hydrogen-bond donors (Lipinski definition) is 1. The molecule has 7 nitrogen and oxygen atoms in total. The van der Waals surface area contributed by atoms with Crippen LogP contribution >= 0.6 is 0 Å². The van der Waals surface area contributed by atoms with Crippen LogP contribution in [0.25, 0.3) is 17.3 Å². The van der Waals surface area contributed by atoms with Gasteiger partial charge >= 0.3 is 0 Å². The van der Waals surface area contributed by atoms with E-state index in [0.717, 1.165) is 32.2 Å². The molecule has 0 radical (unpaired) electrons. The predicted molar refractivity (Wildman–Crippen MR) is 87.4 cm³/mol. The molecule has 0 aliphatic carbocycles. The average molecular weight is 343 g/mol. The smallest absolute Gasteiger partial charge is 0.255 e. The largest absolute Gasteiger partial charge is 0.338 e.